The molecule has 1 saturated carbocycles. The van der Waals surface area contributed by atoms with E-state index in [9.17, 15) is 10.1 Å². The normalized spacial score (nSPS) is 17.6. The molecular formula is C15H22N2O2. The zero-order valence-electron chi connectivity index (χ0n) is 11.5. The summed E-state index contributed by atoms with van der Waals surface area (Å²) in [6, 6.07) is 4.89. The van der Waals surface area contributed by atoms with Gasteiger partial charge in [0, 0.05) is 18.2 Å². The van der Waals surface area contributed by atoms with E-state index >= 15 is 0 Å². The first-order valence-electron chi connectivity index (χ1n) is 7.08. The van der Waals surface area contributed by atoms with Gasteiger partial charge in [0.25, 0.3) is 5.69 Å². The van der Waals surface area contributed by atoms with Crippen molar-refractivity contribution in [2.75, 3.05) is 0 Å². The average Bonchev–Trinajstić information content (AvgIpc) is 2.89. The molecule has 1 aliphatic carbocycles. The predicted molar refractivity (Wildman–Crippen MR) is 76.0 cm³/mol. The van der Waals surface area contributed by atoms with Crippen molar-refractivity contribution in [3.8, 4) is 0 Å². The van der Waals surface area contributed by atoms with Crippen molar-refractivity contribution in [1.29, 1.82) is 0 Å². The van der Waals surface area contributed by atoms with Crippen LogP contribution in [-0.2, 0) is 0 Å². The Hall–Kier alpha value is -1.42. The molecule has 4 heteroatoms. The summed E-state index contributed by atoms with van der Waals surface area (Å²) < 4.78 is 0. The van der Waals surface area contributed by atoms with Crippen LogP contribution >= 0.6 is 0 Å². The van der Waals surface area contributed by atoms with E-state index in [1.54, 1.807) is 18.2 Å². The van der Waals surface area contributed by atoms with Gasteiger partial charge in [0.05, 0.1) is 4.92 Å². The van der Waals surface area contributed by atoms with Crippen molar-refractivity contribution >= 4 is 5.69 Å². The molecule has 1 unspecified atom stereocenters. The summed E-state index contributed by atoms with van der Waals surface area (Å²) in [4.78, 5) is 10.5. The number of non-ortho nitro benzene ring substituents is 1. The van der Waals surface area contributed by atoms with E-state index in [4.69, 9.17) is 5.73 Å². The minimum absolute atomic E-state index is 0.0829. The van der Waals surface area contributed by atoms with Gasteiger partial charge in [-0.25, -0.2) is 0 Å². The monoisotopic (exact) mass is 262 g/mol. The first-order valence-corrected chi connectivity index (χ1v) is 7.08. The van der Waals surface area contributed by atoms with Gasteiger partial charge in [0.1, 0.15) is 0 Å². The van der Waals surface area contributed by atoms with Crippen molar-refractivity contribution in [3.63, 3.8) is 0 Å². The van der Waals surface area contributed by atoms with Gasteiger partial charge in [-0.3, -0.25) is 10.1 Å². The minimum atomic E-state index is -0.355. The highest BCUT2D eigenvalue weighted by Gasteiger charge is 2.18. The fourth-order valence-corrected chi connectivity index (χ4v) is 3.01. The predicted octanol–water partition coefficient (Wildman–Crippen LogP) is 3.87. The summed E-state index contributed by atoms with van der Waals surface area (Å²) in [6.07, 6.45) is 7.39. The number of nitrogens with zero attached hydrogens (tertiary/aromatic N) is 1. The van der Waals surface area contributed by atoms with Crippen LogP contribution in [0.2, 0.25) is 0 Å². The molecule has 2 rings (SSSR count). The van der Waals surface area contributed by atoms with Crippen molar-refractivity contribution in [1.82, 2.24) is 0 Å². The number of nitro groups is 1. The summed E-state index contributed by atoms with van der Waals surface area (Å²) in [6.45, 7) is 1.97. The van der Waals surface area contributed by atoms with E-state index in [-0.39, 0.29) is 16.7 Å². The first kappa shape index (κ1) is 14.0. The molecule has 4 nitrogen and oxygen atoms in total. The number of nitro benzene ring substituents is 1. The molecule has 0 radical (unpaired) electrons. The standard InChI is InChI=1S/C15H22N2O2/c1-11-6-8-13(17(18)19)10-14(11)15(16)9-7-12-4-2-3-5-12/h6,8,10,12,15H,2-5,7,9,16H2,1H3. The summed E-state index contributed by atoms with van der Waals surface area (Å²) >= 11 is 0. The maximum atomic E-state index is 10.8. The molecule has 0 aromatic heterocycles. The van der Waals surface area contributed by atoms with E-state index in [0.29, 0.717) is 0 Å². The second-order valence-corrected chi connectivity index (χ2v) is 5.63. The van der Waals surface area contributed by atoms with Gasteiger partial charge in [-0.05, 0) is 36.8 Å². The highest BCUT2D eigenvalue weighted by Crippen LogP contribution is 2.32. The zero-order chi connectivity index (χ0) is 13.8. The number of rotatable bonds is 5. The third-order valence-electron chi connectivity index (χ3n) is 4.23. The fourth-order valence-electron chi connectivity index (χ4n) is 3.01. The lowest BCUT2D eigenvalue weighted by atomic mass is 9.93. The molecule has 0 aliphatic heterocycles. The largest absolute Gasteiger partial charge is 0.324 e. The number of hydrogen-bond acceptors (Lipinski definition) is 3. The number of hydrogen-bond donors (Lipinski definition) is 1. The van der Waals surface area contributed by atoms with Crippen LogP contribution in [0.3, 0.4) is 0 Å². The molecule has 0 bridgehead atoms. The summed E-state index contributed by atoms with van der Waals surface area (Å²) in [5.41, 5.74) is 8.33. The topological polar surface area (TPSA) is 69.2 Å². The SMILES string of the molecule is Cc1ccc([N+](=O)[O-])cc1C(N)CCC1CCCC1. The lowest BCUT2D eigenvalue weighted by Crippen LogP contribution is -2.13. The fraction of sp³-hybridized carbons (Fsp3) is 0.600. The number of nitrogens with two attached hydrogens (primary N) is 1. The number of benzene rings is 1. The molecule has 0 spiro atoms. The second-order valence-electron chi connectivity index (χ2n) is 5.63. The van der Waals surface area contributed by atoms with Crippen LogP contribution < -0.4 is 5.73 Å². The second kappa shape index (κ2) is 6.15. The van der Waals surface area contributed by atoms with Gasteiger partial charge in [-0.15, -0.1) is 0 Å². The summed E-state index contributed by atoms with van der Waals surface area (Å²) in [5.74, 6) is 0.810. The van der Waals surface area contributed by atoms with Crippen molar-refractivity contribution in [3.05, 3.63) is 39.4 Å². The number of aryl methyl sites for hydroxylation is 1. The highest BCUT2D eigenvalue weighted by atomic mass is 16.6. The molecule has 1 aromatic rings. The molecule has 2 N–H and O–H groups in total. The Balaban J connectivity index is 2.02. The van der Waals surface area contributed by atoms with Crippen LogP contribution in [0.5, 0.6) is 0 Å². The third-order valence-corrected chi connectivity index (χ3v) is 4.23. The maximum absolute atomic E-state index is 10.8. The third kappa shape index (κ3) is 3.53. The Kier molecular flexibility index (Phi) is 4.53. The Morgan fingerprint density at radius 2 is 2.11 bits per heavy atom. The van der Waals surface area contributed by atoms with Crippen molar-refractivity contribution < 1.29 is 4.92 Å². The van der Waals surface area contributed by atoms with Gasteiger partial charge >= 0.3 is 0 Å². The maximum Gasteiger partial charge on any atom is 0.269 e. The average molecular weight is 262 g/mol. The quantitative estimate of drug-likeness (QED) is 0.646. The van der Waals surface area contributed by atoms with Gasteiger partial charge in [-0.2, -0.15) is 0 Å². The molecule has 0 heterocycles. The van der Waals surface area contributed by atoms with E-state index in [1.807, 2.05) is 6.92 Å². The molecular weight excluding hydrogens is 240 g/mol. The zero-order valence-corrected chi connectivity index (χ0v) is 11.5. The highest BCUT2D eigenvalue weighted by molar-refractivity contribution is 5.40. The smallest absolute Gasteiger partial charge is 0.269 e. The Bertz CT molecular complexity index is 453. The molecule has 1 aromatic carbocycles. The van der Waals surface area contributed by atoms with Gasteiger partial charge in [-0.1, -0.05) is 31.7 Å². The Morgan fingerprint density at radius 3 is 2.74 bits per heavy atom. The molecule has 19 heavy (non-hydrogen) atoms. The molecule has 0 saturated heterocycles. The van der Waals surface area contributed by atoms with Gasteiger partial charge < -0.3 is 5.73 Å². The Morgan fingerprint density at radius 1 is 1.42 bits per heavy atom. The van der Waals surface area contributed by atoms with Crippen LogP contribution in [0.1, 0.15) is 55.7 Å². The van der Waals surface area contributed by atoms with Crippen LogP contribution in [0, 0.1) is 23.0 Å². The molecule has 1 fully saturated rings. The molecule has 1 aliphatic rings. The van der Waals surface area contributed by atoms with Crippen LogP contribution in [0.15, 0.2) is 18.2 Å². The van der Waals surface area contributed by atoms with Crippen molar-refractivity contribution in [2.45, 2.75) is 51.5 Å². The lowest BCUT2D eigenvalue weighted by molar-refractivity contribution is -0.384. The molecule has 0 amide bonds. The first-order chi connectivity index (χ1) is 9.08. The van der Waals surface area contributed by atoms with Crippen LogP contribution in [0.4, 0.5) is 5.69 Å². The van der Waals surface area contributed by atoms with Gasteiger partial charge in [0.2, 0.25) is 0 Å². The van der Waals surface area contributed by atoms with E-state index in [2.05, 4.69) is 0 Å². The lowest BCUT2D eigenvalue weighted by Gasteiger charge is -2.17. The Labute approximate surface area is 114 Å². The summed E-state index contributed by atoms with van der Waals surface area (Å²) in [7, 11) is 0. The van der Waals surface area contributed by atoms with Gasteiger partial charge in [0.15, 0.2) is 0 Å². The van der Waals surface area contributed by atoms with Crippen LogP contribution in [-0.4, -0.2) is 4.92 Å². The van der Waals surface area contributed by atoms with E-state index < -0.39 is 0 Å². The molecule has 1 atom stereocenters. The van der Waals surface area contributed by atoms with E-state index in [0.717, 1.165) is 29.9 Å². The van der Waals surface area contributed by atoms with Crippen molar-refractivity contribution in [2.24, 2.45) is 11.7 Å². The van der Waals surface area contributed by atoms with E-state index in [1.165, 1.54) is 25.7 Å². The molecule has 104 valence electrons. The summed E-state index contributed by atoms with van der Waals surface area (Å²) in [5, 5.41) is 10.8. The minimum Gasteiger partial charge on any atom is -0.324 e. The van der Waals surface area contributed by atoms with Crippen LogP contribution in [0.25, 0.3) is 0 Å².